The highest BCUT2D eigenvalue weighted by atomic mass is 32.2. The van der Waals surface area contributed by atoms with Crippen molar-refractivity contribution < 1.29 is 9.59 Å². The molecule has 0 saturated heterocycles. The maximum Gasteiger partial charge on any atom is 0.250 e. The van der Waals surface area contributed by atoms with Gasteiger partial charge in [0.15, 0.2) is 4.34 Å². The quantitative estimate of drug-likeness (QED) is 0.346. The summed E-state index contributed by atoms with van der Waals surface area (Å²) in [5, 5.41) is 13.8. The van der Waals surface area contributed by atoms with Crippen molar-refractivity contribution in [1.29, 1.82) is 0 Å². The Bertz CT molecular complexity index is 987. The van der Waals surface area contributed by atoms with Crippen LogP contribution < -0.4 is 10.6 Å². The number of nitrogens with zero attached hydrogens (tertiary/aromatic N) is 2. The van der Waals surface area contributed by atoms with Crippen LogP contribution in [0, 0.1) is 6.92 Å². The lowest BCUT2D eigenvalue weighted by Crippen LogP contribution is -2.13. The number of aryl methyl sites for hydroxylation is 1. The topological polar surface area (TPSA) is 84.0 Å². The third-order valence-corrected chi connectivity index (χ3v) is 5.46. The molecule has 0 aliphatic heterocycles. The molecule has 2 amide bonds. The van der Waals surface area contributed by atoms with Gasteiger partial charge < -0.3 is 5.32 Å². The summed E-state index contributed by atoms with van der Waals surface area (Å²) in [4.78, 5) is 24.0. The largest absolute Gasteiger partial charge is 0.325 e. The van der Waals surface area contributed by atoms with Crippen molar-refractivity contribution in [1.82, 2.24) is 10.2 Å². The molecule has 6 nitrogen and oxygen atoms in total. The summed E-state index contributed by atoms with van der Waals surface area (Å²) in [6.45, 7) is 1.97. The minimum Gasteiger partial charge on any atom is -0.325 e. The average molecular weight is 411 g/mol. The van der Waals surface area contributed by atoms with Gasteiger partial charge in [-0.25, -0.2) is 0 Å². The van der Waals surface area contributed by atoms with E-state index in [1.54, 1.807) is 6.08 Å². The maximum atomic E-state index is 12.0. The first-order chi connectivity index (χ1) is 13.6. The van der Waals surface area contributed by atoms with Gasteiger partial charge in [0.05, 0.1) is 5.75 Å². The van der Waals surface area contributed by atoms with Gasteiger partial charge in [-0.1, -0.05) is 65.6 Å². The van der Waals surface area contributed by atoms with Crippen molar-refractivity contribution in [3.05, 3.63) is 71.8 Å². The predicted octanol–water partition coefficient (Wildman–Crippen LogP) is 4.23. The monoisotopic (exact) mass is 410 g/mol. The first-order valence-corrected chi connectivity index (χ1v) is 10.3. The molecule has 0 aliphatic carbocycles. The van der Waals surface area contributed by atoms with E-state index < -0.39 is 0 Å². The van der Waals surface area contributed by atoms with Crippen molar-refractivity contribution in [2.75, 3.05) is 16.4 Å². The van der Waals surface area contributed by atoms with Crippen LogP contribution in [0.1, 0.15) is 11.1 Å². The molecule has 2 N–H and O–H groups in total. The minimum atomic E-state index is -0.284. The summed E-state index contributed by atoms with van der Waals surface area (Å²) in [6.07, 6.45) is 3.17. The number of aromatic nitrogens is 2. The number of thioether (sulfide) groups is 1. The lowest BCUT2D eigenvalue weighted by molar-refractivity contribution is -0.114. The van der Waals surface area contributed by atoms with Crippen LogP contribution in [0.4, 0.5) is 10.8 Å². The zero-order chi connectivity index (χ0) is 19.8. The highest BCUT2D eigenvalue weighted by Crippen LogP contribution is 2.25. The molecule has 0 atom stereocenters. The van der Waals surface area contributed by atoms with Crippen LogP contribution in [0.25, 0.3) is 6.08 Å². The number of amides is 2. The number of hydrogen-bond donors (Lipinski definition) is 2. The fraction of sp³-hybridized carbons (Fsp3) is 0.100. The molecule has 28 heavy (non-hydrogen) atoms. The van der Waals surface area contributed by atoms with E-state index in [2.05, 4.69) is 20.8 Å². The molecule has 8 heteroatoms. The van der Waals surface area contributed by atoms with E-state index in [4.69, 9.17) is 0 Å². The SMILES string of the molecule is Cc1cccc(NC(=O)CSc2nnc(NC(=O)C=Cc3ccccc3)s2)c1. The van der Waals surface area contributed by atoms with Crippen LogP contribution in [-0.2, 0) is 9.59 Å². The van der Waals surface area contributed by atoms with Crippen LogP contribution in [0.5, 0.6) is 0 Å². The van der Waals surface area contributed by atoms with Gasteiger partial charge in [0.25, 0.3) is 0 Å². The van der Waals surface area contributed by atoms with E-state index in [1.165, 1.54) is 29.2 Å². The molecule has 3 rings (SSSR count). The average Bonchev–Trinajstić information content (AvgIpc) is 3.13. The smallest absolute Gasteiger partial charge is 0.250 e. The number of hydrogen-bond acceptors (Lipinski definition) is 6. The number of benzene rings is 2. The van der Waals surface area contributed by atoms with Crippen molar-refractivity contribution in [3.63, 3.8) is 0 Å². The van der Waals surface area contributed by atoms with E-state index in [0.717, 1.165) is 16.8 Å². The molecule has 0 unspecified atom stereocenters. The lowest BCUT2D eigenvalue weighted by Gasteiger charge is -2.04. The van der Waals surface area contributed by atoms with E-state index in [0.29, 0.717) is 9.47 Å². The lowest BCUT2D eigenvalue weighted by atomic mass is 10.2. The maximum absolute atomic E-state index is 12.0. The second-order valence-corrected chi connectivity index (χ2v) is 8.01. The summed E-state index contributed by atoms with van der Waals surface area (Å²) in [5.74, 6) is -0.194. The predicted molar refractivity (Wildman–Crippen MR) is 115 cm³/mol. The summed E-state index contributed by atoms with van der Waals surface area (Å²) in [7, 11) is 0. The minimum absolute atomic E-state index is 0.123. The van der Waals surface area contributed by atoms with Gasteiger partial charge in [0.2, 0.25) is 16.9 Å². The molecular weight excluding hydrogens is 392 g/mol. The van der Waals surface area contributed by atoms with Crippen LogP contribution in [0.3, 0.4) is 0 Å². The molecule has 0 saturated carbocycles. The van der Waals surface area contributed by atoms with Gasteiger partial charge in [0, 0.05) is 11.8 Å². The molecule has 142 valence electrons. The third-order valence-electron chi connectivity index (χ3n) is 3.49. The van der Waals surface area contributed by atoms with E-state index in [1.807, 2.05) is 61.5 Å². The number of carbonyl (C=O) groups is 2. The molecular formula is C20H18N4O2S2. The highest BCUT2D eigenvalue weighted by Gasteiger charge is 2.10. The van der Waals surface area contributed by atoms with Gasteiger partial charge in [-0.05, 0) is 36.3 Å². The number of rotatable bonds is 7. The van der Waals surface area contributed by atoms with Gasteiger partial charge in [-0.3, -0.25) is 14.9 Å². The molecule has 0 aliphatic rings. The normalized spacial score (nSPS) is 10.8. The second-order valence-electron chi connectivity index (χ2n) is 5.81. The Kier molecular flexibility index (Phi) is 6.94. The van der Waals surface area contributed by atoms with E-state index in [-0.39, 0.29) is 17.6 Å². The standard InChI is InChI=1S/C20H18N4O2S2/c1-14-6-5-9-16(12-14)21-18(26)13-27-20-24-23-19(28-20)22-17(25)11-10-15-7-3-2-4-8-15/h2-12H,13H2,1H3,(H,21,26)(H,22,23,25). The Balaban J connectivity index is 1.46. The first-order valence-electron chi connectivity index (χ1n) is 8.45. The zero-order valence-electron chi connectivity index (χ0n) is 15.1. The number of anilines is 2. The Morgan fingerprint density at radius 2 is 1.89 bits per heavy atom. The molecule has 2 aromatic carbocycles. The van der Waals surface area contributed by atoms with Gasteiger partial charge >= 0.3 is 0 Å². The van der Waals surface area contributed by atoms with Crippen LogP contribution in [0.2, 0.25) is 0 Å². The summed E-state index contributed by atoms with van der Waals surface area (Å²) in [5.41, 5.74) is 2.78. The molecule has 1 aromatic heterocycles. The molecule has 3 aromatic rings. The molecule has 0 bridgehead atoms. The number of nitrogens with one attached hydrogen (secondary N) is 2. The second kappa shape index (κ2) is 9.82. The fourth-order valence-corrected chi connectivity index (χ4v) is 3.80. The van der Waals surface area contributed by atoms with Crippen LogP contribution in [-0.4, -0.2) is 27.8 Å². The van der Waals surface area contributed by atoms with Crippen molar-refractivity contribution in [2.24, 2.45) is 0 Å². The third kappa shape index (κ3) is 6.33. The zero-order valence-corrected chi connectivity index (χ0v) is 16.7. The number of carbonyl (C=O) groups excluding carboxylic acids is 2. The van der Waals surface area contributed by atoms with Gasteiger partial charge in [-0.2, -0.15) is 0 Å². The summed E-state index contributed by atoms with van der Waals surface area (Å²) >= 11 is 2.50. The Morgan fingerprint density at radius 1 is 1.07 bits per heavy atom. The van der Waals surface area contributed by atoms with Crippen molar-refractivity contribution in [3.8, 4) is 0 Å². The Hall–Kier alpha value is -2.97. The molecule has 1 heterocycles. The van der Waals surface area contributed by atoms with Crippen LogP contribution >= 0.6 is 23.1 Å². The Morgan fingerprint density at radius 3 is 2.68 bits per heavy atom. The van der Waals surface area contributed by atoms with E-state index in [9.17, 15) is 9.59 Å². The molecule has 0 spiro atoms. The summed E-state index contributed by atoms with van der Waals surface area (Å²) < 4.78 is 0.613. The molecule has 0 radical (unpaired) electrons. The first kappa shape index (κ1) is 19.8. The van der Waals surface area contributed by atoms with Gasteiger partial charge in [0.1, 0.15) is 0 Å². The fourth-order valence-electron chi connectivity index (χ4n) is 2.25. The molecule has 0 fully saturated rings. The van der Waals surface area contributed by atoms with E-state index >= 15 is 0 Å². The summed E-state index contributed by atoms with van der Waals surface area (Å²) in [6, 6.07) is 17.2. The van der Waals surface area contributed by atoms with Gasteiger partial charge in [-0.15, -0.1) is 10.2 Å². The van der Waals surface area contributed by atoms with Crippen LogP contribution in [0.15, 0.2) is 65.0 Å². The Labute approximate surface area is 171 Å². The highest BCUT2D eigenvalue weighted by molar-refractivity contribution is 8.01. The van der Waals surface area contributed by atoms with Crippen molar-refractivity contribution >= 4 is 51.8 Å². The van der Waals surface area contributed by atoms with Crippen molar-refractivity contribution in [2.45, 2.75) is 11.3 Å².